The van der Waals surface area contributed by atoms with Gasteiger partial charge in [0.25, 0.3) is 0 Å². The number of hydrogen-bond acceptors (Lipinski definition) is 1. The molecule has 1 heteroatoms. The predicted octanol–water partition coefficient (Wildman–Crippen LogP) is 4.52. The summed E-state index contributed by atoms with van der Waals surface area (Å²) < 4.78 is 0. The summed E-state index contributed by atoms with van der Waals surface area (Å²) in [6, 6.07) is 0.840. The lowest BCUT2D eigenvalue weighted by atomic mass is 9.71. The third kappa shape index (κ3) is 2.48. The summed E-state index contributed by atoms with van der Waals surface area (Å²) in [5.41, 5.74) is 1.48. The van der Waals surface area contributed by atoms with Crippen molar-refractivity contribution in [1.82, 2.24) is 5.32 Å². The fourth-order valence-electron chi connectivity index (χ4n) is 4.53. The third-order valence-electron chi connectivity index (χ3n) is 6.57. The van der Waals surface area contributed by atoms with Gasteiger partial charge in [-0.3, -0.25) is 0 Å². The minimum atomic E-state index is 0.683. The van der Waals surface area contributed by atoms with Crippen molar-refractivity contribution in [3.05, 3.63) is 0 Å². The first kappa shape index (κ1) is 13.0. The van der Waals surface area contributed by atoms with Crippen molar-refractivity contribution in [2.24, 2.45) is 16.7 Å². The van der Waals surface area contributed by atoms with Crippen LogP contribution in [0.5, 0.6) is 0 Å². The molecule has 1 N–H and O–H groups in total. The van der Waals surface area contributed by atoms with E-state index in [1.54, 1.807) is 0 Å². The van der Waals surface area contributed by atoms with Crippen LogP contribution in [0.4, 0.5) is 0 Å². The molecule has 0 aromatic rings. The molecule has 0 saturated heterocycles. The molecular weight excluding hydrogens is 218 g/mol. The molecule has 0 radical (unpaired) electrons. The predicted molar refractivity (Wildman–Crippen MR) is 77.7 cm³/mol. The van der Waals surface area contributed by atoms with E-state index in [9.17, 15) is 0 Å². The van der Waals surface area contributed by atoms with Crippen LogP contribution in [-0.2, 0) is 0 Å². The number of hydrogen-bond donors (Lipinski definition) is 1. The van der Waals surface area contributed by atoms with Crippen LogP contribution in [0.3, 0.4) is 0 Å². The summed E-state index contributed by atoms with van der Waals surface area (Å²) >= 11 is 0. The van der Waals surface area contributed by atoms with Gasteiger partial charge in [0, 0.05) is 12.6 Å². The van der Waals surface area contributed by atoms with Crippen LogP contribution in [-0.4, -0.2) is 12.6 Å². The molecule has 1 spiro atoms. The lowest BCUT2D eigenvalue weighted by Gasteiger charge is -2.38. The molecule has 1 nitrogen and oxygen atoms in total. The standard InChI is InChI=1S/C17H31N/c1-14(2)17(11-12-17)13-18-15-5-9-16(10-6-15)7-3-4-8-16/h14-15,18H,3-13H2,1-2H3. The van der Waals surface area contributed by atoms with Crippen LogP contribution in [0, 0.1) is 16.7 Å². The fourth-order valence-corrected chi connectivity index (χ4v) is 4.53. The lowest BCUT2D eigenvalue weighted by molar-refractivity contribution is 0.162. The second-order valence-corrected chi connectivity index (χ2v) is 7.88. The monoisotopic (exact) mass is 249 g/mol. The minimum absolute atomic E-state index is 0.683. The zero-order valence-electron chi connectivity index (χ0n) is 12.4. The average Bonchev–Trinajstić information content (AvgIpc) is 3.05. The van der Waals surface area contributed by atoms with Gasteiger partial charge in [-0.05, 0) is 68.1 Å². The van der Waals surface area contributed by atoms with Crippen LogP contribution in [0.15, 0.2) is 0 Å². The Labute approximate surface area is 113 Å². The van der Waals surface area contributed by atoms with Crippen molar-refractivity contribution in [2.45, 2.75) is 84.1 Å². The second kappa shape index (κ2) is 4.81. The van der Waals surface area contributed by atoms with Gasteiger partial charge >= 0.3 is 0 Å². The SMILES string of the molecule is CC(C)C1(CNC2CCC3(CCCC3)CC2)CC1. The van der Waals surface area contributed by atoms with Crippen molar-refractivity contribution in [3.8, 4) is 0 Å². The van der Waals surface area contributed by atoms with Gasteiger partial charge in [-0.1, -0.05) is 26.7 Å². The highest BCUT2D eigenvalue weighted by Gasteiger charge is 2.45. The molecule has 0 amide bonds. The molecule has 0 aromatic heterocycles. The summed E-state index contributed by atoms with van der Waals surface area (Å²) in [6.45, 7) is 6.11. The number of rotatable bonds is 4. The molecule has 3 aliphatic carbocycles. The molecule has 3 aliphatic rings. The summed E-state index contributed by atoms with van der Waals surface area (Å²) in [6.07, 6.45) is 15.0. The summed E-state index contributed by atoms with van der Waals surface area (Å²) in [5.74, 6) is 0.870. The molecule has 18 heavy (non-hydrogen) atoms. The normalized spacial score (nSPS) is 30.2. The van der Waals surface area contributed by atoms with Gasteiger partial charge < -0.3 is 5.32 Å². The maximum atomic E-state index is 3.91. The average molecular weight is 249 g/mol. The Kier molecular flexibility index (Phi) is 3.47. The van der Waals surface area contributed by atoms with Crippen LogP contribution in [0.2, 0.25) is 0 Å². The Balaban J connectivity index is 1.43. The fraction of sp³-hybridized carbons (Fsp3) is 1.00. The van der Waals surface area contributed by atoms with E-state index in [2.05, 4.69) is 19.2 Å². The first-order valence-electron chi connectivity index (χ1n) is 8.38. The molecule has 3 rings (SSSR count). The second-order valence-electron chi connectivity index (χ2n) is 7.88. The summed E-state index contributed by atoms with van der Waals surface area (Å²) in [5, 5.41) is 3.91. The van der Waals surface area contributed by atoms with E-state index in [-0.39, 0.29) is 0 Å². The van der Waals surface area contributed by atoms with E-state index in [0.717, 1.165) is 17.4 Å². The highest BCUT2D eigenvalue weighted by atomic mass is 14.9. The highest BCUT2D eigenvalue weighted by molar-refractivity contribution is 4.98. The van der Waals surface area contributed by atoms with E-state index in [1.807, 2.05) is 0 Å². The number of nitrogens with one attached hydrogen (secondary N) is 1. The van der Waals surface area contributed by atoms with Crippen molar-refractivity contribution >= 4 is 0 Å². The van der Waals surface area contributed by atoms with Gasteiger partial charge in [0.15, 0.2) is 0 Å². The Morgan fingerprint density at radius 3 is 2.06 bits per heavy atom. The summed E-state index contributed by atoms with van der Waals surface area (Å²) in [7, 11) is 0. The van der Waals surface area contributed by atoms with E-state index >= 15 is 0 Å². The molecule has 0 atom stereocenters. The smallest absolute Gasteiger partial charge is 0.00677 e. The van der Waals surface area contributed by atoms with Gasteiger partial charge in [-0.15, -0.1) is 0 Å². The largest absolute Gasteiger partial charge is 0.313 e. The van der Waals surface area contributed by atoms with E-state index in [4.69, 9.17) is 0 Å². The van der Waals surface area contributed by atoms with E-state index < -0.39 is 0 Å². The summed E-state index contributed by atoms with van der Waals surface area (Å²) in [4.78, 5) is 0. The Morgan fingerprint density at radius 1 is 0.944 bits per heavy atom. The molecule has 0 bridgehead atoms. The highest BCUT2D eigenvalue weighted by Crippen LogP contribution is 2.52. The minimum Gasteiger partial charge on any atom is -0.313 e. The van der Waals surface area contributed by atoms with Gasteiger partial charge in [0.1, 0.15) is 0 Å². The molecule has 0 aromatic carbocycles. The van der Waals surface area contributed by atoms with Gasteiger partial charge in [-0.2, -0.15) is 0 Å². The first-order valence-corrected chi connectivity index (χ1v) is 8.38. The topological polar surface area (TPSA) is 12.0 Å². The Hall–Kier alpha value is -0.0400. The molecular formula is C17H31N. The van der Waals surface area contributed by atoms with Crippen LogP contribution < -0.4 is 5.32 Å². The van der Waals surface area contributed by atoms with Crippen molar-refractivity contribution in [1.29, 1.82) is 0 Å². The molecule has 3 saturated carbocycles. The molecule has 104 valence electrons. The van der Waals surface area contributed by atoms with E-state index in [1.165, 1.54) is 70.8 Å². The van der Waals surface area contributed by atoms with Crippen molar-refractivity contribution < 1.29 is 0 Å². The molecule has 0 heterocycles. The van der Waals surface area contributed by atoms with Crippen LogP contribution in [0.1, 0.15) is 78.1 Å². The molecule has 0 unspecified atom stereocenters. The van der Waals surface area contributed by atoms with Gasteiger partial charge in [-0.25, -0.2) is 0 Å². The zero-order chi connectivity index (χ0) is 12.6. The van der Waals surface area contributed by atoms with Crippen molar-refractivity contribution in [3.63, 3.8) is 0 Å². The Bertz CT molecular complexity index is 274. The van der Waals surface area contributed by atoms with Crippen LogP contribution >= 0.6 is 0 Å². The van der Waals surface area contributed by atoms with Gasteiger partial charge in [0.05, 0.1) is 0 Å². The third-order valence-corrected chi connectivity index (χ3v) is 6.57. The quantitative estimate of drug-likeness (QED) is 0.772. The Morgan fingerprint density at radius 2 is 1.56 bits per heavy atom. The van der Waals surface area contributed by atoms with Crippen LogP contribution in [0.25, 0.3) is 0 Å². The molecule has 0 aliphatic heterocycles. The zero-order valence-corrected chi connectivity index (χ0v) is 12.4. The molecule has 3 fully saturated rings. The lowest BCUT2D eigenvalue weighted by Crippen LogP contribution is -2.40. The maximum absolute atomic E-state index is 3.91. The van der Waals surface area contributed by atoms with Gasteiger partial charge in [0.2, 0.25) is 0 Å². The van der Waals surface area contributed by atoms with Crippen molar-refractivity contribution in [2.75, 3.05) is 6.54 Å². The first-order chi connectivity index (χ1) is 8.64. The maximum Gasteiger partial charge on any atom is 0.00677 e. The van der Waals surface area contributed by atoms with E-state index in [0.29, 0.717) is 5.41 Å².